The summed E-state index contributed by atoms with van der Waals surface area (Å²) in [7, 11) is 0. The Morgan fingerprint density at radius 1 is 0.786 bits per heavy atom. The van der Waals surface area contributed by atoms with Crippen molar-refractivity contribution < 1.29 is 22.6 Å². The van der Waals surface area contributed by atoms with E-state index >= 15 is 0 Å². The monoisotopic (exact) mass is 409 g/mol. The molecule has 0 aliphatic carbocycles. The summed E-state index contributed by atoms with van der Waals surface area (Å²) in [5.74, 6) is 0.391. The maximum Gasteiger partial charge on any atom is 0.573 e. The predicted molar refractivity (Wildman–Crippen MR) is 104 cm³/mol. The molecule has 3 rings (SSSR count). The van der Waals surface area contributed by atoms with E-state index < -0.39 is 12.4 Å². The fourth-order valence-electron chi connectivity index (χ4n) is 2.61. The average Bonchev–Trinajstić information content (AvgIpc) is 2.66. The van der Waals surface area contributed by atoms with Crippen LogP contribution in [0.1, 0.15) is 22.7 Å². The topological polar surface area (TPSA) is 44.5 Å². The smallest absolute Gasteiger partial charge is 0.489 e. The highest BCUT2D eigenvalue weighted by Gasteiger charge is 2.31. The molecule has 0 unspecified atom stereocenters. The molecule has 0 fully saturated rings. The number of ether oxygens (including phenoxy) is 2. The summed E-state index contributed by atoms with van der Waals surface area (Å²) < 4.78 is 46.4. The Kier molecular flexibility index (Phi) is 7.31. The first-order valence-corrected chi connectivity index (χ1v) is 8.29. The Morgan fingerprint density at radius 2 is 1.46 bits per heavy atom. The van der Waals surface area contributed by atoms with Gasteiger partial charge < -0.3 is 15.2 Å². The lowest BCUT2D eigenvalue weighted by atomic mass is 9.99. The van der Waals surface area contributed by atoms with Crippen LogP contribution in [0.25, 0.3) is 0 Å². The van der Waals surface area contributed by atoms with Crippen molar-refractivity contribution in [3.63, 3.8) is 0 Å². The van der Waals surface area contributed by atoms with E-state index in [-0.39, 0.29) is 18.2 Å². The van der Waals surface area contributed by atoms with E-state index in [2.05, 4.69) is 4.74 Å². The van der Waals surface area contributed by atoms with Crippen LogP contribution in [0.4, 0.5) is 13.2 Å². The molecule has 0 aliphatic rings. The van der Waals surface area contributed by atoms with Gasteiger partial charge in [-0.2, -0.15) is 0 Å². The van der Waals surface area contributed by atoms with E-state index in [4.69, 9.17) is 10.5 Å². The first-order valence-electron chi connectivity index (χ1n) is 8.29. The molecule has 3 nitrogen and oxygen atoms in total. The van der Waals surface area contributed by atoms with Crippen molar-refractivity contribution >= 4 is 12.4 Å². The van der Waals surface area contributed by atoms with E-state index in [9.17, 15) is 13.2 Å². The standard InChI is InChI=1S/C21H18F3NO2.ClH/c22-21(23,24)27-18-11-9-16(10-12-18)20(25)17-7-4-8-19(13-17)26-14-15-5-2-1-3-6-15;/h1-13,20H,14,25H2;1H/t20-;/m0./s1. The second-order valence-corrected chi connectivity index (χ2v) is 5.94. The van der Waals surface area contributed by atoms with E-state index in [1.54, 1.807) is 0 Å². The van der Waals surface area contributed by atoms with Gasteiger partial charge in [0.2, 0.25) is 0 Å². The third-order valence-corrected chi connectivity index (χ3v) is 3.94. The second kappa shape index (κ2) is 9.48. The fraction of sp³-hybridized carbons (Fsp3) is 0.143. The fourth-order valence-corrected chi connectivity index (χ4v) is 2.61. The average molecular weight is 410 g/mol. The summed E-state index contributed by atoms with van der Waals surface area (Å²) in [6, 6.07) is 22.1. The molecule has 0 saturated carbocycles. The van der Waals surface area contributed by atoms with Crippen LogP contribution in [0, 0.1) is 0 Å². The highest BCUT2D eigenvalue weighted by Crippen LogP contribution is 2.27. The van der Waals surface area contributed by atoms with Crippen LogP contribution in [0.3, 0.4) is 0 Å². The molecule has 7 heteroatoms. The van der Waals surface area contributed by atoms with Crippen molar-refractivity contribution in [3.05, 3.63) is 95.6 Å². The van der Waals surface area contributed by atoms with Crippen molar-refractivity contribution in [2.75, 3.05) is 0 Å². The molecular formula is C21H19ClF3NO2. The zero-order valence-corrected chi connectivity index (χ0v) is 15.5. The summed E-state index contributed by atoms with van der Waals surface area (Å²) in [5, 5.41) is 0. The molecule has 0 bridgehead atoms. The summed E-state index contributed by atoms with van der Waals surface area (Å²) in [6.45, 7) is 0.434. The molecule has 0 radical (unpaired) electrons. The summed E-state index contributed by atoms with van der Waals surface area (Å²) in [5.41, 5.74) is 8.77. The first-order chi connectivity index (χ1) is 12.9. The summed E-state index contributed by atoms with van der Waals surface area (Å²) in [6.07, 6.45) is -4.71. The van der Waals surface area contributed by atoms with Gasteiger partial charge in [0, 0.05) is 0 Å². The highest BCUT2D eigenvalue weighted by atomic mass is 35.5. The Bertz CT molecular complexity index is 871. The van der Waals surface area contributed by atoms with Gasteiger partial charge in [-0.1, -0.05) is 54.6 Å². The van der Waals surface area contributed by atoms with Crippen molar-refractivity contribution in [3.8, 4) is 11.5 Å². The Hall–Kier alpha value is -2.70. The van der Waals surface area contributed by atoms with Crippen LogP contribution < -0.4 is 15.2 Å². The second-order valence-electron chi connectivity index (χ2n) is 5.94. The van der Waals surface area contributed by atoms with Gasteiger partial charge in [0.15, 0.2) is 0 Å². The molecule has 3 aromatic carbocycles. The van der Waals surface area contributed by atoms with Crippen molar-refractivity contribution in [2.24, 2.45) is 5.73 Å². The van der Waals surface area contributed by atoms with Crippen molar-refractivity contribution in [2.45, 2.75) is 19.0 Å². The first kappa shape index (κ1) is 21.6. The summed E-state index contributed by atoms with van der Waals surface area (Å²) >= 11 is 0. The van der Waals surface area contributed by atoms with Crippen LogP contribution in [0.15, 0.2) is 78.9 Å². The minimum Gasteiger partial charge on any atom is -0.489 e. The molecule has 148 valence electrons. The number of hydrogen-bond donors (Lipinski definition) is 1. The van der Waals surface area contributed by atoms with E-state index in [1.165, 1.54) is 24.3 Å². The van der Waals surface area contributed by atoms with E-state index in [0.29, 0.717) is 17.9 Å². The molecule has 0 amide bonds. The minimum atomic E-state index is -4.71. The lowest BCUT2D eigenvalue weighted by Crippen LogP contribution is -2.17. The van der Waals surface area contributed by atoms with Gasteiger partial charge in [-0.25, -0.2) is 0 Å². The molecule has 0 saturated heterocycles. The van der Waals surface area contributed by atoms with Gasteiger partial charge in [-0.05, 0) is 41.0 Å². The summed E-state index contributed by atoms with van der Waals surface area (Å²) in [4.78, 5) is 0. The number of hydrogen-bond acceptors (Lipinski definition) is 3. The van der Waals surface area contributed by atoms with Crippen LogP contribution in [0.5, 0.6) is 11.5 Å². The van der Waals surface area contributed by atoms with Gasteiger partial charge >= 0.3 is 6.36 Å². The third-order valence-electron chi connectivity index (χ3n) is 3.94. The SMILES string of the molecule is Cl.N[C@@H](c1ccc(OC(F)(F)F)cc1)c1cccc(OCc2ccccc2)c1. The quantitative estimate of drug-likeness (QED) is 0.573. The number of alkyl halides is 3. The maximum absolute atomic E-state index is 12.2. The van der Waals surface area contributed by atoms with E-state index in [0.717, 1.165) is 11.1 Å². The van der Waals surface area contributed by atoms with Crippen molar-refractivity contribution in [1.82, 2.24) is 0 Å². The van der Waals surface area contributed by atoms with Gasteiger partial charge in [0.1, 0.15) is 18.1 Å². The van der Waals surface area contributed by atoms with Gasteiger partial charge in [0.05, 0.1) is 6.04 Å². The lowest BCUT2D eigenvalue weighted by Gasteiger charge is -2.15. The third kappa shape index (κ3) is 6.18. The van der Waals surface area contributed by atoms with Gasteiger partial charge in [0.25, 0.3) is 0 Å². The van der Waals surface area contributed by atoms with Crippen LogP contribution in [-0.2, 0) is 6.61 Å². The zero-order valence-electron chi connectivity index (χ0n) is 14.7. The molecule has 3 aromatic rings. The molecule has 28 heavy (non-hydrogen) atoms. The number of benzene rings is 3. The maximum atomic E-state index is 12.2. The van der Waals surface area contributed by atoms with Crippen LogP contribution in [0.2, 0.25) is 0 Å². The molecule has 1 atom stereocenters. The molecule has 0 spiro atoms. The Labute approximate surface area is 167 Å². The molecule has 0 heterocycles. The molecule has 0 aromatic heterocycles. The zero-order chi connectivity index (χ0) is 19.3. The number of nitrogens with two attached hydrogens (primary N) is 1. The predicted octanol–water partition coefficient (Wildman–Crippen LogP) is 5.63. The highest BCUT2D eigenvalue weighted by molar-refractivity contribution is 5.85. The lowest BCUT2D eigenvalue weighted by molar-refractivity contribution is -0.274. The van der Waals surface area contributed by atoms with E-state index in [1.807, 2.05) is 54.6 Å². The minimum absolute atomic E-state index is 0. The number of rotatable bonds is 6. The van der Waals surface area contributed by atoms with Gasteiger partial charge in [-0.15, -0.1) is 25.6 Å². The Balaban J connectivity index is 0.00000280. The van der Waals surface area contributed by atoms with Crippen LogP contribution >= 0.6 is 12.4 Å². The molecule has 2 N–H and O–H groups in total. The molecular weight excluding hydrogens is 391 g/mol. The molecule has 0 aliphatic heterocycles. The van der Waals surface area contributed by atoms with Crippen LogP contribution in [-0.4, -0.2) is 6.36 Å². The number of halogens is 4. The van der Waals surface area contributed by atoms with Crippen molar-refractivity contribution in [1.29, 1.82) is 0 Å². The largest absolute Gasteiger partial charge is 0.573 e. The normalized spacial score (nSPS) is 12.0. The van der Waals surface area contributed by atoms with Gasteiger partial charge in [-0.3, -0.25) is 0 Å². The Morgan fingerprint density at radius 3 is 2.11 bits per heavy atom.